The maximum absolute atomic E-state index is 13.0. The highest BCUT2D eigenvalue weighted by molar-refractivity contribution is 6.36. The Morgan fingerprint density at radius 1 is 1.07 bits per heavy atom. The first-order chi connectivity index (χ1) is 13.8. The third-order valence-electron chi connectivity index (χ3n) is 4.62. The van der Waals surface area contributed by atoms with E-state index in [1.54, 1.807) is 24.3 Å². The topological polar surface area (TPSA) is 78.5 Å². The predicted octanol–water partition coefficient (Wildman–Crippen LogP) is 3.64. The van der Waals surface area contributed by atoms with Crippen molar-refractivity contribution < 1.29 is 14.4 Å². The van der Waals surface area contributed by atoms with Gasteiger partial charge in [-0.3, -0.25) is 19.3 Å². The number of hydrogen-bond donors (Lipinski definition) is 2. The van der Waals surface area contributed by atoms with Crippen LogP contribution in [0.2, 0.25) is 0 Å². The Kier molecular flexibility index (Phi) is 5.64. The van der Waals surface area contributed by atoms with Crippen LogP contribution in [-0.4, -0.2) is 29.2 Å². The summed E-state index contributed by atoms with van der Waals surface area (Å²) in [7, 11) is 0. The van der Waals surface area contributed by atoms with Crippen LogP contribution >= 0.6 is 0 Å². The van der Waals surface area contributed by atoms with Gasteiger partial charge in [0, 0.05) is 24.8 Å². The molecule has 3 amide bonds. The second-order valence-electron chi connectivity index (χ2n) is 6.96. The molecule has 0 aliphatic carbocycles. The third kappa shape index (κ3) is 4.11. The van der Waals surface area contributed by atoms with Gasteiger partial charge in [-0.1, -0.05) is 35.9 Å². The van der Waals surface area contributed by atoms with E-state index in [4.69, 9.17) is 0 Å². The number of amides is 3. The van der Waals surface area contributed by atoms with E-state index in [0.29, 0.717) is 16.8 Å². The first kappa shape index (κ1) is 20.1. The molecule has 3 rings (SSSR count). The zero-order chi connectivity index (χ0) is 21.1. The Morgan fingerprint density at radius 2 is 1.76 bits per heavy atom. The lowest BCUT2D eigenvalue weighted by atomic mass is 10.0. The molecule has 1 aliphatic heterocycles. The summed E-state index contributed by atoms with van der Waals surface area (Å²) in [6, 6.07) is 12.7. The Labute approximate surface area is 169 Å². The van der Waals surface area contributed by atoms with Crippen LogP contribution in [0.15, 0.2) is 60.8 Å². The highest BCUT2D eigenvalue weighted by Crippen LogP contribution is 2.32. The number of anilines is 2. The third-order valence-corrected chi connectivity index (χ3v) is 4.62. The zero-order valence-electron chi connectivity index (χ0n) is 16.7. The van der Waals surface area contributed by atoms with Crippen molar-refractivity contribution in [2.24, 2.45) is 0 Å². The van der Waals surface area contributed by atoms with E-state index in [1.807, 2.05) is 32.0 Å². The van der Waals surface area contributed by atoms with Crippen molar-refractivity contribution in [3.63, 3.8) is 0 Å². The van der Waals surface area contributed by atoms with Gasteiger partial charge in [0.2, 0.25) is 5.91 Å². The lowest BCUT2D eigenvalue weighted by molar-refractivity contribution is -0.136. The van der Waals surface area contributed by atoms with Crippen molar-refractivity contribution in [3.05, 3.63) is 77.5 Å². The number of rotatable bonds is 6. The molecule has 0 aromatic heterocycles. The minimum absolute atomic E-state index is 0.128. The molecule has 1 heterocycles. The molecule has 29 heavy (non-hydrogen) atoms. The normalized spacial score (nSPS) is 13.7. The van der Waals surface area contributed by atoms with Gasteiger partial charge in [-0.05, 0) is 43.2 Å². The van der Waals surface area contributed by atoms with Crippen LogP contribution in [0.25, 0.3) is 5.57 Å². The van der Waals surface area contributed by atoms with Crippen LogP contribution in [0.5, 0.6) is 0 Å². The number of carbonyl (C=O) groups excluding carboxylic acids is 3. The molecule has 2 N–H and O–H groups in total. The quantitative estimate of drug-likeness (QED) is 0.584. The number of hydrogen-bond acceptors (Lipinski definition) is 4. The van der Waals surface area contributed by atoms with Gasteiger partial charge < -0.3 is 10.6 Å². The highest BCUT2D eigenvalue weighted by atomic mass is 16.2. The fraction of sp³-hybridized carbons (Fsp3) is 0.174. The standard InChI is InChI=1S/C23H23N3O3/c1-5-12-26-22(28)20(17-7-9-18(10-8-17)24-16(4)27)21(23(26)29)25-19-11-6-14(2)13-15(19)3/h5-11,13,25H,1,12H2,2-4H3,(H,24,27). The molecular weight excluding hydrogens is 366 g/mol. The fourth-order valence-electron chi connectivity index (χ4n) is 3.27. The van der Waals surface area contributed by atoms with Gasteiger partial charge in [-0.15, -0.1) is 6.58 Å². The van der Waals surface area contributed by atoms with E-state index in [2.05, 4.69) is 17.2 Å². The molecule has 0 saturated heterocycles. The van der Waals surface area contributed by atoms with Gasteiger partial charge in [-0.25, -0.2) is 0 Å². The van der Waals surface area contributed by atoms with E-state index in [9.17, 15) is 14.4 Å². The van der Waals surface area contributed by atoms with Crippen molar-refractivity contribution >= 4 is 34.7 Å². The molecule has 2 aromatic rings. The molecule has 0 spiro atoms. The van der Waals surface area contributed by atoms with Crippen molar-refractivity contribution in [3.8, 4) is 0 Å². The summed E-state index contributed by atoms with van der Waals surface area (Å²) in [6.45, 7) is 9.13. The summed E-state index contributed by atoms with van der Waals surface area (Å²) in [5, 5.41) is 5.85. The molecule has 0 radical (unpaired) electrons. The maximum atomic E-state index is 13.0. The maximum Gasteiger partial charge on any atom is 0.278 e. The number of carbonyl (C=O) groups is 3. The molecule has 0 fully saturated rings. The lowest BCUT2D eigenvalue weighted by Crippen LogP contribution is -2.32. The molecular formula is C23H23N3O3. The SMILES string of the molecule is C=CCN1C(=O)C(Nc2ccc(C)cc2C)=C(c2ccc(NC(C)=O)cc2)C1=O. The number of nitrogens with zero attached hydrogens (tertiary/aromatic N) is 1. The summed E-state index contributed by atoms with van der Waals surface area (Å²) in [5.41, 5.74) is 4.58. The highest BCUT2D eigenvalue weighted by Gasteiger charge is 2.38. The zero-order valence-corrected chi connectivity index (χ0v) is 16.7. The first-order valence-electron chi connectivity index (χ1n) is 9.25. The van der Waals surface area contributed by atoms with Crippen LogP contribution in [-0.2, 0) is 14.4 Å². The van der Waals surface area contributed by atoms with Gasteiger partial charge >= 0.3 is 0 Å². The smallest absolute Gasteiger partial charge is 0.278 e. The van der Waals surface area contributed by atoms with Gasteiger partial charge in [0.15, 0.2) is 0 Å². The molecule has 0 atom stereocenters. The van der Waals surface area contributed by atoms with Crippen LogP contribution in [0, 0.1) is 13.8 Å². The van der Waals surface area contributed by atoms with Crippen molar-refractivity contribution in [1.29, 1.82) is 0 Å². The lowest BCUT2D eigenvalue weighted by Gasteiger charge is -2.13. The van der Waals surface area contributed by atoms with Crippen LogP contribution < -0.4 is 10.6 Å². The summed E-state index contributed by atoms with van der Waals surface area (Å²) in [5.74, 6) is -0.955. The molecule has 2 aromatic carbocycles. The molecule has 0 bridgehead atoms. The molecule has 6 heteroatoms. The molecule has 6 nitrogen and oxygen atoms in total. The molecule has 148 valence electrons. The van der Waals surface area contributed by atoms with Crippen LogP contribution in [0.3, 0.4) is 0 Å². The van der Waals surface area contributed by atoms with Crippen LogP contribution in [0.1, 0.15) is 23.6 Å². The van der Waals surface area contributed by atoms with E-state index >= 15 is 0 Å². The van der Waals surface area contributed by atoms with Gasteiger partial charge in [0.1, 0.15) is 5.70 Å². The summed E-state index contributed by atoms with van der Waals surface area (Å²) in [4.78, 5) is 38.4. The Morgan fingerprint density at radius 3 is 2.34 bits per heavy atom. The van der Waals surface area contributed by atoms with E-state index in [0.717, 1.165) is 21.7 Å². The average Bonchev–Trinajstić information content (AvgIpc) is 2.89. The fourth-order valence-corrected chi connectivity index (χ4v) is 3.27. The Balaban J connectivity index is 2.05. The number of aryl methyl sites for hydroxylation is 2. The predicted molar refractivity (Wildman–Crippen MR) is 114 cm³/mol. The van der Waals surface area contributed by atoms with Gasteiger partial charge in [0.05, 0.1) is 5.57 Å². The van der Waals surface area contributed by atoms with E-state index in [1.165, 1.54) is 13.0 Å². The van der Waals surface area contributed by atoms with Gasteiger partial charge in [0.25, 0.3) is 11.8 Å². The Bertz CT molecular complexity index is 1040. The Hall–Kier alpha value is -3.67. The van der Waals surface area contributed by atoms with Crippen molar-refractivity contribution in [2.45, 2.75) is 20.8 Å². The second kappa shape index (κ2) is 8.14. The van der Waals surface area contributed by atoms with Crippen molar-refractivity contribution in [2.75, 3.05) is 17.2 Å². The largest absolute Gasteiger partial charge is 0.350 e. The monoisotopic (exact) mass is 389 g/mol. The number of nitrogens with one attached hydrogen (secondary N) is 2. The molecule has 0 unspecified atom stereocenters. The summed E-state index contributed by atoms with van der Waals surface area (Å²) >= 11 is 0. The average molecular weight is 389 g/mol. The van der Waals surface area contributed by atoms with Crippen LogP contribution in [0.4, 0.5) is 11.4 Å². The number of benzene rings is 2. The second-order valence-corrected chi connectivity index (χ2v) is 6.96. The molecule has 1 aliphatic rings. The molecule has 0 saturated carbocycles. The minimum Gasteiger partial charge on any atom is -0.350 e. The number of imide groups is 1. The summed E-state index contributed by atoms with van der Waals surface area (Å²) in [6.07, 6.45) is 1.52. The van der Waals surface area contributed by atoms with E-state index in [-0.39, 0.29) is 24.1 Å². The van der Waals surface area contributed by atoms with Gasteiger partial charge in [-0.2, -0.15) is 0 Å². The van der Waals surface area contributed by atoms with Crippen molar-refractivity contribution in [1.82, 2.24) is 4.90 Å². The van der Waals surface area contributed by atoms with E-state index < -0.39 is 5.91 Å². The first-order valence-corrected chi connectivity index (χ1v) is 9.25. The summed E-state index contributed by atoms with van der Waals surface area (Å²) < 4.78 is 0. The minimum atomic E-state index is -0.393.